The third-order valence-electron chi connectivity index (χ3n) is 5.48. The molecule has 0 saturated heterocycles. The number of carboxylic acid groups (broad SMARTS) is 1. The first-order valence-corrected chi connectivity index (χ1v) is 11.2. The largest absolute Gasteiger partial charge is 0.491 e. The molecule has 0 radical (unpaired) electrons. The molecule has 1 aliphatic rings. The molecule has 9 heteroatoms. The minimum absolute atomic E-state index is 0.0960. The highest BCUT2D eigenvalue weighted by Gasteiger charge is 2.22. The standard InChI is InChI=1S/C26H25F2NO6/c27-22-11-21(26(31)32)25(12-23(22)28)34-19-8-9-24-16(10-19)6-7-20(35-24)14-29-13-17(30)15-33-18-4-2-1-3-5-18/h1-5,8-12,17,20,29-30H,6-7,13-15H2,(H,31,32)/t17-,20+/m0/s1. The molecule has 0 unspecified atom stereocenters. The number of nitrogens with one attached hydrogen (secondary N) is 1. The van der Waals surface area contributed by atoms with Crippen molar-refractivity contribution in [3.63, 3.8) is 0 Å². The lowest BCUT2D eigenvalue weighted by Gasteiger charge is -2.27. The zero-order valence-electron chi connectivity index (χ0n) is 18.7. The van der Waals surface area contributed by atoms with Crippen LogP contribution in [0.2, 0.25) is 0 Å². The highest BCUT2D eigenvalue weighted by molar-refractivity contribution is 5.91. The first kappa shape index (κ1) is 24.4. The molecule has 3 aromatic carbocycles. The quantitative estimate of drug-likeness (QED) is 0.396. The smallest absolute Gasteiger partial charge is 0.339 e. The molecule has 3 aromatic rings. The fourth-order valence-electron chi connectivity index (χ4n) is 3.71. The summed E-state index contributed by atoms with van der Waals surface area (Å²) in [5, 5.41) is 22.6. The van der Waals surface area contributed by atoms with Gasteiger partial charge in [0.25, 0.3) is 0 Å². The summed E-state index contributed by atoms with van der Waals surface area (Å²) < 4.78 is 44.1. The van der Waals surface area contributed by atoms with Crippen molar-refractivity contribution in [1.82, 2.24) is 5.32 Å². The summed E-state index contributed by atoms with van der Waals surface area (Å²) >= 11 is 0. The van der Waals surface area contributed by atoms with E-state index in [0.717, 1.165) is 11.6 Å². The van der Waals surface area contributed by atoms with Gasteiger partial charge >= 0.3 is 5.97 Å². The Morgan fingerprint density at radius 1 is 1.09 bits per heavy atom. The van der Waals surface area contributed by atoms with Gasteiger partial charge < -0.3 is 29.7 Å². The number of ether oxygens (including phenoxy) is 3. The molecule has 0 bridgehead atoms. The number of hydrogen-bond acceptors (Lipinski definition) is 6. The normalized spacial score (nSPS) is 15.6. The topological polar surface area (TPSA) is 97.3 Å². The van der Waals surface area contributed by atoms with E-state index >= 15 is 0 Å². The number of fused-ring (bicyclic) bond motifs is 1. The number of rotatable bonds is 10. The Morgan fingerprint density at radius 2 is 1.86 bits per heavy atom. The maximum absolute atomic E-state index is 13.6. The van der Waals surface area contributed by atoms with E-state index in [4.69, 9.17) is 14.2 Å². The van der Waals surface area contributed by atoms with Crippen molar-refractivity contribution in [1.29, 1.82) is 0 Å². The number of aromatic carboxylic acids is 1. The van der Waals surface area contributed by atoms with E-state index in [0.29, 0.717) is 49.2 Å². The van der Waals surface area contributed by atoms with Crippen molar-refractivity contribution in [2.75, 3.05) is 19.7 Å². The highest BCUT2D eigenvalue weighted by atomic mass is 19.2. The van der Waals surface area contributed by atoms with Crippen LogP contribution in [0.3, 0.4) is 0 Å². The van der Waals surface area contributed by atoms with Crippen LogP contribution in [-0.2, 0) is 6.42 Å². The third kappa shape index (κ3) is 6.46. The minimum Gasteiger partial charge on any atom is -0.491 e. The van der Waals surface area contributed by atoms with Crippen LogP contribution >= 0.6 is 0 Å². The number of halogens is 2. The Kier molecular flexibility index (Phi) is 7.79. The Bertz CT molecular complexity index is 1170. The van der Waals surface area contributed by atoms with Gasteiger partial charge in [-0.3, -0.25) is 0 Å². The van der Waals surface area contributed by atoms with E-state index in [1.165, 1.54) is 0 Å². The summed E-state index contributed by atoms with van der Waals surface area (Å²) in [5.74, 6) is -2.52. The number of aliphatic hydroxyl groups is 1. The third-order valence-corrected chi connectivity index (χ3v) is 5.48. The molecule has 4 rings (SSSR count). The number of aryl methyl sites for hydroxylation is 1. The van der Waals surface area contributed by atoms with Crippen molar-refractivity contribution in [3.8, 4) is 23.0 Å². The SMILES string of the molecule is O=C(O)c1cc(F)c(F)cc1Oc1ccc2c(c1)CC[C@H](CNC[C@H](O)COc1ccccc1)O2. The van der Waals surface area contributed by atoms with E-state index in [1.54, 1.807) is 18.2 Å². The van der Waals surface area contributed by atoms with Gasteiger partial charge in [0.15, 0.2) is 11.6 Å². The zero-order chi connectivity index (χ0) is 24.8. The maximum atomic E-state index is 13.6. The van der Waals surface area contributed by atoms with Crippen LogP contribution in [0.4, 0.5) is 8.78 Å². The molecule has 184 valence electrons. The summed E-state index contributed by atoms with van der Waals surface area (Å²) in [7, 11) is 0. The Balaban J connectivity index is 1.28. The van der Waals surface area contributed by atoms with Crippen molar-refractivity contribution in [2.45, 2.75) is 25.0 Å². The number of para-hydroxylation sites is 1. The Hall–Kier alpha value is -3.69. The molecular formula is C26H25F2NO6. The van der Waals surface area contributed by atoms with Gasteiger partial charge in [0, 0.05) is 19.2 Å². The van der Waals surface area contributed by atoms with Crippen LogP contribution in [0.5, 0.6) is 23.0 Å². The number of benzene rings is 3. The van der Waals surface area contributed by atoms with Crippen molar-refractivity contribution in [2.24, 2.45) is 0 Å². The van der Waals surface area contributed by atoms with Crippen LogP contribution in [0, 0.1) is 11.6 Å². The molecule has 0 amide bonds. The molecule has 35 heavy (non-hydrogen) atoms. The molecule has 1 aliphatic heterocycles. The number of carboxylic acids is 1. The minimum atomic E-state index is -1.42. The Labute approximate surface area is 200 Å². The van der Waals surface area contributed by atoms with Crippen molar-refractivity contribution >= 4 is 5.97 Å². The lowest BCUT2D eigenvalue weighted by Crippen LogP contribution is -2.39. The van der Waals surface area contributed by atoms with Gasteiger partial charge in [0.1, 0.15) is 47.4 Å². The average Bonchev–Trinajstić information content (AvgIpc) is 2.85. The molecule has 3 N–H and O–H groups in total. The van der Waals surface area contributed by atoms with Gasteiger partial charge in [0.2, 0.25) is 0 Å². The van der Waals surface area contributed by atoms with Gasteiger partial charge in [-0.25, -0.2) is 13.6 Å². The lowest BCUT2D eigenvalue weighted by molar-refractivity contribution is 0.0693. The first-order valence-electron chi connectivity index (χ1n) is 11.2. The molecule has 1 heterocycles. The predicted octanol–water partition coefficient (Wildman–Crippen LogP) is 4.18. The number of hydrogen-bond donors (Lipinski definition) is 3. The maximum Gasteiger partial charge on any atom is 0.339 e. The number of aliphatic hydroxyl groups excluding tert-OH is 1. The van der Waals surface area contributed by atoms with Crippen molar-refractivity contribution < 1.29 is 38.0 Å². The summed E-state index contributed by atoms with van der Waals surface area (Å²) in [6.07, 6.45) is 0.632. The molecule has 0 spiro atoms. The van der Waals surface area contributed by atoms with Crippen LogP contribution in [0.25, 0.3) is 0 Å². The summed E-state index contributed by atoms with van der Waals surface area (Å²) in [5.41, 5.74) is 0.384. The van der Waals surface area contributed by atoms with E-state index in [-0.39, 0.29) is 18.5 Å². The monoisotopic (exact) mass is 485 g/mol. The van der Waals surface area contributed by atoms with Crippen LogP contribution in [0.1, 0.15) is 22.3 Å². The molecular weight excluding hydrogens is 460 g/mol. The van der Waals surface area contributed by atoms with E-state index < -0.39 is 29.3 Å². The van der Waals surface area contributed by atoms with E-state index in [9.17, 15) is 23.8 Å². The fraction of sp³-hybridized carbons (Fsp3) is 0.269. The molecule has 7 nitrogen and oxygen atoms in total. The van der Waals surface area contributed by atoms with E-state index in [2.05, 4.69) is 5.32 Å². The summed E-state index contributed by atoms with van der Waals surface area (Å²) in [4.78, 5) is 11.4. The predicted molar refractivity (Wildman–Crippen MR) is 123 cm³/mol. The average molecular weight is 485 g/mol. The molecule has 0 saturated carbocycles. The summed E-state index contributed by atoms with van der Waals surface area (Å²) in [6.45, 7) is 1.07. The van der Waals surface area contributed by atoms with E-state index in [1.807, 2.05) is 30.3 Å². The highest BCUT2D eigenvalue weighted by Crippen LogP contribution is 2.34. The van der Waals surface area contributed by atoms with Gasteiger partial charge in [0.05, 0.1) is 0 Å². The Morgan fingerprint density at radius 3 is 2.63 bits per heavy atom. The lowest BCUT2D eigenvalue weighted by atomic mass is 10.0. The second-order valence-electron chi connectivity index (χ2n) is 8.15. The van der Waals surface area contributed by atoms with Crippen molar-refractivity contribution in [3.05, 3.63) is 83.4 Å². The van der Waals surface area contributed by atoms with Gasteiger partial charge in [-0.1, -0.05) is 18.2 Å². The second-order valence-corrected chi connectivity index (χ2v) is 8.15. The molecule has 0 aliphatic carbocycles. The first-order chi connectivity index (χ1) is 16.9. The van der Waals surface area contributed by atoms with Crippen LogP contribution < -0.4 is 19.5 Å². The van der Waals surface area contributed by atoms with Gasteiger partial charge in [-0.05, 0) is 54.8 Å². The van der Waals surface area contributed by atoms with Gasteiger partial charge in [-0.2, -0.15) is 0 Å². The number of carbonyl (C=O) groups is 1. The zero-order valence-corrected chi connectivity index (χ0v) is 18.7. The molecule has 2 atom stereocenters. The molecule has 0 fully saturated rings. The van der Waals surface area contributed by atoms with Gasteiger partial charge in [-0.15, -0.1) is 0 Å². The molecule has 0 aromatic heterocycles. The second kappa shape index (κ2) is 11.2. The summed E-state index contributed by atoms with van der Waals surface area (Å²) in [6, 6.07) is 15.5. The fourth-order valence-corrected chi connectivity index (χ4v) is 3.71. The van der Waals surface area contributed by atoms with Crippen LogP contribution in [-0.4, -0.2) is 48.1 Å². The van der Waals surface area contributed by atoms with Crippen LogP contribution in [0.15, 0.2) is 60.7 Å².